The first kappa shape index (κ1) is 21.4. The number of nitrogens with zero attached hydrogens (tertiary/aromatic N) is 3. The van der Waals surface area contributed by atoms with Crippen LogP contribution in [0.15, 0.2) is 65.9 Å². The van der Waals surface area contributed by atoms with Crippen LogP contribution in [0.4, 0.5) is 17.6 Å². The van der Waals surface area contributed by atoms with Crippen molar-refractivity contribution in [3.8, 4) is 0 Å². The zero-order valence-corrected chi connectivity index (χ0v) is 16.2. The Kier molecular flexibility index (Phi) is 6.71. The zero-order chi connectivity index (χ0) is 21.6. The number of imidazole rings is 1. The molecule has 2 aromatic carbocycles. The molecule has 3 rings (SSSR count). The van der Waals surface area contributed by atoms with Gasteiger partial charge in [0.15, 0.2) is 5.96 Å². The summed E-state index contributed by atoms with van der Waals surface area (Å²) in [4.78, 5) is 8.35. The molecule has 0 spiro atoms. The van der Waals surface area contributed by atoms with Crippen molar-refractivity contribution in [2.75, 3.05) is 7.05 Å². The molecule has 1 heterocycles. The van der Waals surface area contributed by atoms with Crippen LogP contribution in [0.2, 0.25) is 0 Å². The minimum atomic E-state index is -4.64. The second-order valence-electron chi connectivity index (χ2n) is 6.54. The number of halogens is 4. The van der Waals surface area contributed by atoms with Gasteiger partial charge in [-0.3, -0.25) is 4.99 Å². The summed E-state index contributed by atoms with van der Waals surface area (Å²) in [6, 6.07) is 12.5. The lowest BCUT2D eigenvalue weighted by Gasteiger charge is -2.16. The molecule has 0 aliphatic heterocycles. The van der Waals surface area contributed by atoms with Gasteiger partial charge in [0.2, 0.25) is 0 Å². The summed E-state index contributed by atoms with van der Waals surface area (Å²) in [5.74, 6) is 0.125. The van der Waals surface area contributed by atoms with E-state index in [2.05, 4.69) is 20.6 Å². The van der Waals surface area contributed by atoms with Gasteiger partial charge in [0.1, 0.15) is 11.6 Å². The molecular formula is C21H21F4N5. The second-order valence-corrected chi connectivity index (χ2v) is 6.54. The fraction of sp³-hybridized carbons (Fsp3) is 0.238. The number of hydrogen-bond acceptors (Lipinski definition) is 2. The summed E-state index contributed by atoms with van der Waals surface area (Å²) in [6.45, 7) is 0.816. The van der Waals surface area contributed by atoms with Gasteiger partial charge in [0, 0.05) is 32.5 Å². The maximum atomic E-state index is 13.2. The van der Waals surface area contributed by atoms with E-state index in [1.54, 1.807) is 6.20 Å². The van der Waals surface area contributed by atoms with Gasteiger partial charge in [-0.2, -0.15) is 13.2 Å². The van der Waals surface area contributed by atoms with Crippen molar-refractivity contribution in [1.29, 1.82) is 0 Å². The molecule has 0 atom stereocenters. The Morgan fingerprint density at radius 2 is 1.80 bits per heavy atom. The van der Waals surface area contributed by atoms with Gasteiger partial charge in [0.05, 0.1) is 12.1 Å². The van der Waals surface area contributed by atoms with Gasteiger partial charge in [-0.1, -0.05) is 36.4 Å². The molecule has 0 saturated heterocycles. The van der Waals surface area contributed by atoms with Gasteiger partial charge in [-0.25, -0.2) is 9.37 Å². The van der Waals surface area contributed by atoms with Crippen molar-refractivity contribution in [3.05, 3.63) is 89.3 Å². The van der Waals surface area contributed by atoms with Crippen LogP contribution >= 0.6 is 0 Å². The van der Waals surface area contributed by atoms with Crippen LogP contribution in [0, 0.1) is 5.82 Å². The van der Waals surface area contributed by atoms with Crippen molar-refractivity contribution < 1.29 is 17.6 Å². The third-order valence-corrected chi connectivity index (χ3v) is 4.46. The largest absolute Gasteiger partial charge is 0.416 e. The Morgan fingerprint density at radius 3 is 2.50 bits per heavy atom. The van der Waals surface area contributed by atoms with Crippen molar-refractivity contribution in [2.45, 2.75) is 25.8 Å². The van der Waals surface area contributed by atoms with E-state index in [1.807, 2.05) is 41.1 Å². The average molecular weight is 419 g/mol. The number of rotatable bonds is 6. The molecule has 0 aliphatic rings. The summed E-state index contributed by atoms with van der Waals surface area (Å²) in [5, 5.41) is 5.87. The standard InChI is InChI=1S/C21H21F4N5/c1-26-20(28-12-16-7-8-17(22)11-18(16)21(23,24)25)29-13-19-27-9-10-30(19)14-15-5-3-2-4-6-15/h2-11H,12-14H2,1H3,(H2,26,28,29). The van der Waals surface area contributed by atoms with E-state index in [9.17, 15) is 17.6 Å². The molecule has 30 heavy (non-hydrogen) atoms. The van der Waals surface area contributed by atoms with Crippen LogP contribution < -0.4 is 10.6 Å². The van der Waals surface area contributed by atoms with Crippen LogP contribution in [-0.2, 0) is 25.8 Å². The number of hydrogen-bond donors (Lipinski definition) is 2. The molecule has 0 fully saturated rings. The van der Waals surface area contributed by atoms with E-state index in [4.69, 9.17) is 0 Å². The Labute approximate surface area is 171 Å². The number of alkyl halides is 3. The fourth-order valence-corrected chi connectivity index (χ4v) is 2.96. The molecule has 3 aromatic rings. The summed E-state index contributed by atoms with van der Waals surface area (Å²) < 4.78 is 54.6. The van der Waals surface area contributed by atoms with Crippen molar-refractivity contribution in [3.63, 3.8) is 0 Å². The monoisotopic (exact) mass is 419 g/mol. The van der Waals surface area contributed by atoms with Gasteiger partial charge in [0.25, 0.3) is 0 Å². The van der Waals surface area contributed by atoms with E-state index in [0.29, 0.717) is 25.1 Å². The topological polar surface area (TPSA) is 54.2 Å². The molecule has 0 amide bonds. The van der Waals surface area contributed by atoms with Gasteiger partial charge >= 0.3 is 6.18 Å². The number of guanidine groups is 1. The van der Waals surface area contributed by atoms with E-state index in [1.165, 1.54) is 7.05 Å². The Balaban J connectivity index is 1.61. The Bertz CT molecular complexity index is 996. The molecule has 158 valence electrons. The highest BCUT2D eigenvalue weighted by Crippen LogP contribution is 2.32. The van der Waals surface area contributed by atoms with Crippen molar-refractivity contribution in [2.24, 2.45) is 4.99 Å². The number of nitrogens with one attached hydrogen (secondary N) is 2. The van der Waals surface area contributed by atoms with Crippen LogP contribution in [-0.4, -0.2) is 22.6 Å². The second kappa shape index (κ2) is 9.43. The molecule has 5 nitrogen and oxygen atoms in total. The highest BCUT2D eigenvalue weighted by molar-refractivity contribution is 5.79. The zero-order valence-electron chi connectivity index (χ0n) is 16.2. The van der Waals surface area contributed by atoms with Crippen molar-refractivity contribution in [1.82, 2.24) is 20.2 Å². The predicted octanol–water partition coefficient (Wildman–Crippen LogP) is 3.95. The first-order valence-corrected chi connectivity index (χ1v) is 9.21. The van der Waals surface area contributed by atoms with Gasteiger partial charge < -0.3 is 15.2 Å². The summed E-state index contributed by atoms with van der Waals surface area (Å²) in [6.07, 6.45) is -1.10. The van der Waals surface area contributed by atoms with Crippen LogP contribution in [0.1, 0.15) is 22.5 Å². The summed E-state index contributed by atoms with van der Waals surface area (Å²) in [5.41, 5.74) is 0.0385. The highest BCUT2D eigenvalue weighted by Gasteiger charge is 2.33. The molecule has 0 bridgehead atoms. The molecule has 2 N–H and O–H groups in total. The van der Waals surface area contributed by atoms with Crippen molar-refractivity contribution >= 4 is 5.96 Å². The first-order chi connectivity index (χ1) is 14.4. The number of benzene rings is 2. The Morgan fingerprint density at radius 1 is 1.07 bits per heavy atom. The van der Waals surface area contributed by atoms with Gasteiger partial charge in [-0.15, -0.1) is 0 Å². The van der Waals surface area contributed by atoms with E-state index < -0.39 is 17.6 Å². The number of aromatic nitrogens is 2. The Hall–Kier alpha value is -3.36. The lowest BCUT2D eigenvalue weighted by Crippen LogP contribution is -2.37. The van der Waals surface area contributed by atoms with E-state index >= 15 is 0 Å². The van der Waals surface area contributed by atoms with Crippen LogP contribution in [0.3, 0.4) is 0 Å². The molecule has 1 aromatic heterocycles. The smallest absolute Gasteiger partial charge is 0.352 e. The van der Waals surface area contributed by atoms with Gasteiger partial charge in [-0.05, 0) is 23.3 Å². The first-order valence-electron chi connectivity index (χ1n) is 9.21. The third-order valence-electron chi connectivity index (χ3n) is 4.46. The third kappa shape index (κ3) is 5.59. The lowest BCUT2D eigenvalue weighted by atomic mass is 10.1. The molecule has 0 unspecified atom stereocenters. The molecular weight excluding hydrogens is 398 g/mol. The maximum absolute atomic E-state index is 13.2. The van der Waals surface area contributed by atoms with E-state index in [-0.39, 0.29) is 12.1 Å². The predicted molar refractivity (Wildman–Crippen MR) is 106 cm³/mol. The lowest BCUT2D eigenvalue weighted by molar-refractivity contribution is -0.138. The minimum absolute atomic E-state index is 0.0718. The molecule has 0 saturated carbocycles. The quantitative estimate of drug-likeness (QED) is 0.361. The molecule has 0 radical (unpaired) electrons. The summed E-state index contributed by atoms with van der Waals surface area (Å²) in [7, 11) is 1.51. The molecule has 9 heteroatoms. The highest BCUT2D eigenvalue weighted by atomic mass is 19.4. The van der Waals surface area contributed by atoms with E-state index in [0.717, 1.165) is 23.5 Å². The normalized spacial score (nSPS) is 12.1. The summed E-state index contributed by atoms with van der Waals surface area (Å²) >= 11 is 0. The molecule has 0 aliphatic carbocycles. The SMILES string of the molecule is CN=C(NCc1ccc(F)cc1C(F)(F)F)NCc1nccn1Cc1ccccc1. The minimum Gasteiger partial charge on any atom is -0.352 e. The van der Waals surface area contributed by atoms with Crippen LogP contribution in [0.25, 0.3) is 0 Å². The number of aliphatic imine (C=N–C) groups is 1. The van der Waals surface area contributed by atoms with Crippen LogP contribution in [0.5, 0.6) is 0 Å². The average Bonchev–Trinajstić information content (AvgIpc) is 3.16. The maximum Gasteiger partial charge on any atom is 0.416 e. The fourth-order valence-electron chi connectivity index (χ4n) is 2.96.